The first-order valence-corrected chi connectivity index (χ1v) is 8.91. The van der Waals surface area contributed by atoms with Crippen LogP contribution in [0.3, 0.4) is 0 Å². The van der Waals surface area contributed by atoms with Gasteiger partial charge in [-0.15, -0.1) is 11.3 Å². The summed E-state index contributed by atoms with van der Waals surface area (Å²) in [6, 6.07) is 1.70. The first kappa shape index (κ1) is 16.9. The minimum absolute atomic E-state index is 0.193. The van der Waals surface area contributed by atoms with Crippen LogP contribution in [0.4, 0.5) is 5.82 Å². The largest absolute Gasteiger partial charge is 0.378 e. The molecule has 24 heavy (non-hydrogen) atoms. The fourth-order valence-electron chi connectivity index (χ4n) is 2.47. The van der Waals surface area contributed by atoms with Gasteiger partial charge in [0, 0.05) is 37.5 Å². The van der Waals surface area contributed by atoms with E-state index in [1.54, 1.807) is 29.4 Å². The highest BCUT2D eigenvalue weighted by atomic mass is 32.1. The van der Waals surface area contributed by atoms with Crippen LogP contribution in [0.5, 0.6) is 0 Å². The highest BCUT2D eigenvalue weighted by molar-refractivity contribution is 7.09. The molecule has 0 N–H and O–H groups in total. The summed E-state index contributed by atoms with van der Waals surface area (Å²) in [5, 5.41) is 7.09. The van der Waals surface area contributed by atoms with Gasteiger partial charge in [0.25, 0.3) is 5.91 Å². The van der Waals surface area contributed by atoms with Crippen molar-refractivity contribution < 1.29 is 14.1 Å². The van der Waals surface area contributed by atoms with Crippen LogP contribution < -0.4 is 4.90 Å². The van der Waals surface area contributed by atoms with Gasteiger partial charge in [0.15, 0.2) is 5.82 Å². The molecule has 0 aliphatic carbocycles. The maximum Gasteiger partial charge on any atom is 0.292 e. The van der Waals surface area contributed by atoms with Gasteiger partial charge < -0.3 is 19.1 Å². The number of amides is 1. The number of ether oxygens (including phenoxy) is 1. The van der Waals surface area contributed by atoms with E-state index in [-0.39, 0.29) is 11.7 Å². The number of carbonyl (C=O) groups excluding carboxylic acids is 1. The minimum atomic E-state index is -0.193. The molecule has 1 saturated heterocycles. The summed E-state index contributed by atoms with van der Waals surface area (Å²) >= 11 is 1.63. The van der Waals surface area contributed by atoms with Gasteiger partial charge in [0.05, 0.1) is 30.5 Å². The summed E-state index contributed by atoms with van der Waals surface area (Å²) in [6.07, 6.45) is 0. The predicted octanol–water partition coefficient (Wildman–Crippen LogP) is 2.36. The molecule has 1 aliphatic rings. The van der Waals surface area contributed by atoms with E-state index in [1.807, 2.05) is 5.38 Å². The first-order chi connectivity index (χ1) is 11.5. The average Bonchev–Trinajstić information content (AvgIpc) is 3.24. The molecule has 0 unspecified atom stereocenters. The zero-order chi connectivity index (χ0) is 17.1. The van der Waals surface area contributed by atoms with Crippen molar-refractivity contribution in [2.24, 2.45) is 0 Å². The second kappa shape index (κ2) is 7.31. The highest BCUT2D eigenvalue weighted by Gasteiger charge is 2.22. The molecule has 0 aromatic carbocycles. The molecular weight excluding hydrogens is 328 g/mol. The van der Waals surface area contributed by atoms with E-state index < -0.39 is 0 Å². The van der Waals surface area contributed by atoms with Crippen molar-refractivity contribution >= 4 is 23.1 Å². The predicted molar refractivity (Wildman–Crippen MR) is 91.5 cm³/mol. The summed E-state index contributed by atoms with van der Waals surface area (Å²) in [6.45, 7) is 7.52. The van der Waals surface area contributed by atoms with Crippen LogP contribution in [0.1, 0.15) is 41.0 Å². The van der Waals surface area contributed by atoms with Crippen molar-refractivity contribution in [1.29, 1.82) is 0 Å². The zero-order valence-electron chi connectivity index (χ0n) is 14.2. The third kappa shape index (κ3) is 3.76. The van der Waals surface area contributed by atoms with E-state index in [0.29, 0.717) is 31.5 Å². The molecule has 2 aromatic rings. The normalized spacial score (nSPS) is 15.1. The number of hydrogen-bond acceptors (Lipinski definition) is 7. The molecule has 3 rings (SSSR count). The maximum atomic E-state index is 12.5. The third-order valence-corrected chi connectivity index (χ3v) is 5.05. The van der Waals surface area contributed by atoms with Gasteiger partial charge in [-0.25, -0.2) is 4.98 Å². The summed E-state index contributed by atoms with van der Waals surface area (Å²) < 4.78 is 10.6. The molecule has 7 nitrogen and oxygen atoms in total. The van der Waals surface area contributed by atoms with Crippen molar-refractivity contribution in [2.45, 2.75) is 26.3 Å². The second-order valence-electron chi connectivity index (χ2n) is 6.14. The number of morpholine rings is 1. The molecule has 0 radical (unpaired) electrons. The maximum absolute atomic E-state index is 12.5. The summed E-state index contributed by atoms with van der Waals surface area (Å²) in [5.41, 5.74) is 0.896. The molecule has 3 heterocycles. The summed E-state index contributed by atoms with van der Waals surface area (Å²) in [5.74, 6) is 1.14. The van der Waals surface area contributed by atoms with Crippen molar-refractivity contribution in [3.05, 3.63) is 27.9 Å². The lowest BCUT2D eigenvalue weighted by molar-refractivity contribution is 0.0742. The van der Waals surface area contributed by atoms with Crippen LogP contribution in [0.2, 0.25) is 0 Å². The Labute approximate surface area is 145 Å². The molecule has 0 atom stereocenters. The van der Waals surface area contributed by atoms with E-state index in [4.69, 9.17) is 9.26 Å². The fourth-order valence-corrected chi connectivity index (χ4v) is 3.30. The Kier molecular flexibility index (Phi) is 5.15. The lowest BCUT2D eigenvalue weighted by Gasteiger charge is -2.25. The van der Waals surface area contributed by atoms with Gasteiger partial charge >= 0.3 is 0 Å². The fraction of sp³-hybridized carbons (Fsp3) is 0.562. The van der Waals surface area contributed by atoms with Gasteiger partial charge in [0.2, 0.25) is 5.76 Å². The lowest BCUT2D eigenvalue weighted by Crippen LogP contribution is -2.36. The molecule has 130 valence electrons. The Morgan fingerprint density at radius 3 is 2.83 bits per heavy atom. The number of hydrogen-bond donors (Lipinski definition) is 0. The summed E-state index contributed by atoms with van der Waals surface area (Å²) in [4.78, 5) is 20.7. The Hall–Kier alpha value is -1.93. The number of aromatic nitrogens is 2. The number of thiazole rings is 1. The molecule has 1 fully saturated rings. The Morgan fingerprint density at radius 2 is 2.17 bits per heavy atom. The SMILES string of the molecule is CC(C)c1nc(CN(C)C(=O)c2cc(N3CCOCC3)no2)cs1. The molecule has 1 aliphatic heterocycles. The van der Waals surface area contributed by atoms with Gasteiger partial charge in [0.1, 0.15) is 0 Å². The van der Waals surface area contributed by atoms with Crippen LogP contribution in [0, 0.1) is 0 Å². The van der Waals surface area contributed by atoms with Crippen molar-refractivity contribution in [3.63, 3.8) is 0 Å². The average molecular weight is 350 g/mol. The smallest absolute Gasteiger partial charge is 0.292 e. The Balaban J connectivity index is 1.63. The highest BCUT2D eigenvalue weighted by Crippen LogP contribution is 2.21. The van der Waals surface area contributed by atoms with E-state index in [2.05, 4.69) is 28.9 Å². The molecule has 0 bridgehead atoms. The Morgan fingerprint density at radius 1 is 1.42 bits per heavy atom. The van der Waals surface area contributed by atoms with E-state index in [0.717, 1.165) is 23.8 Å². The van der Waals surface area contributed by atoms with Gasteiger partial charge in [-0.05, 0) is 0 Å². The van der Waals surface area contributed by atoms with Crippen molar-refractivity contribution in [3.8, 4) is 0 Å². The second-order valence-corrected chi connectivity index (χ2v) is 7.03. The molecular formula is C16H22N4O3S. The van der Waals surface area contributed by atoms with E-state index >= 15 is 0 Å². The summed E-state index contributed by atoms with van der Waals surface area (Å²) in [7, 11) is 1.74. The molecule has 1 amide bonds. The molecule has 0 saturated carbocycles. The zero-order valence-corrected chi connectivity index (χ0v) is 15.0. The van der Waals surface area contributed by atoms with Gasteiger partial charge in [-0.3, -0.25) is 4.79 Å². The van der Waals surface area contributed by atoms with Crippen LogP contribution in [-0.4, -0.2) is 54.3 Å². The number of rotatable bonds is 5. The van der Waals surface area contributed by atoms with Gasteiger partial charge in [-0.2, -0.15) is 0 Å². The van der Waals surface area contributed by atoms with Crippen LogP contribution in [-0.2, 0) is 11.3 Å². The Bertz CT molecular complexity index is 691. The van der Waals surface area contributed by atoms with Crippen LogP contribution >= 0.6 is 11.3 Å². The van der Waals surface area contributed by atoms with Gasteiger partial charge in [-0.1, -0.05) is 19.0 Å². The lowest BCUT2D eigenvalue weighted by atomic mass is 10.2. The topological polar surface area (TPSA) is 71.7 Å². The molecule has 8 heteroatoms. The number of carbonyl (C=O) groups is 1. The number of nitrogens with zero attached hydrogens (tertiary/aromatic N) is 4. The standard InChI is InChI=1S/C16H22N4O3S/c1-11(2)15-17-12(10-24-15)9-19(3)16(21)13-8-14(18-23-13)20-4-6-22-7-5-20/h8,10-11H,4-7,9H2,1-3H3. The van der Waals surface area contributed by atoms with Crippen LogP contribution in [0.15, 0.2) is 16.0 Å². The van der Waals surface area contributed by atoms with Crippen molar-refractivity contribution in [1.82, 2.24) is 15.0 Å². The quantitative estimate of drug-likeness (QED) is 0.824. The third-order valence-electron chi connectivity index (χ3n) is 3.85. The van der Waals surface area contributed by atoms with E-state index in [9.17, 15) is 4.79 Å². The van der Waals surface area contributed by atoms with Crippen molar-refractivity contribution in [2.75, 3.05) is 38.3 Å². The molecule has 2 aromatic heterocycles. The number of anilines is 1. The van der Waals surface area contributed by atoms with Crippen LogP contribution in [0.25, 0.3) is 0 Å². The minimum Gasteiger partial charge on any atom is -0.378 e. The first-order valence-electron chi connectivity index (χ1n) is 8.03. The monoisotopic (exact) mass is 350 g/mol. The van der Waals surface area contributed by atoms with E-state index in [1.165, 1.54) is 0 Å². The molecule has 0 spiro atoms.